The molecule has 1 aromatic heterocycles. The Kier molecular flexibility index (Phi) is 4.29. The van der Waals surface area contributed by atoms with E-state index < -0.39 is 0 Å². The van der Waals surface area contributed by atoms with Gasteiger partial charge in [0, 0.05) is 24.4 Å². The Bertz CT molecular complexity index is 935. The fourth-order valence-corrected chi connectivity index (χ4v) is 3.80. The molecule has 1 atom stereocenters. The van der Waals surface area contributed by atoms with Gasteiger partial charge in [-0.05, 0) is 61.7 Å². The molecule has 126 valence electrons. The molecule has 0 saturated carbocycles. The molecule has 2 aromatic carbocycles. The van der Waals surface area contributed by atoms with Gasteiger partial charge in [-0.15, -0.1) is 0 Å². The Morgan fingerprint density at radius 1 is 1.20 bits per heavy atom. The van der Waals surface area contributed by atoms with Gasteiger partial charge in [-0.25, -0.2) is 0 Å². The predicted octanol–water partition coefficient (Wildman–Crippen LogP) is 5.00. The number of hydrogen-bond donors (Lipinski definition) is 0. The van der Waals surface area contributed by atoms with Gasteiger partial charge < -0.3 is 9.32 Å². The normalized spacial score (nSPS) is 17.8. The number of nitriles is 1. The molecule has 25 heavy (non-hydrogen) atoms. The molecule has 2 heterocycles. The second-order valence-corrected chi connectivity index (χ2v) is 6.90. The van der Waals surface area contributed by atoms with Crippen LogP contribution in [0.3, 0.4) is 0 Å². The summed E-state index contributed by atoms with van der Waals surface area (Å²) in [6.07, 6.45) is 3.56. The van der Waals surface area contributed by atoms with E-state index in [0.29, 0.717) is 11.6 Å². The molecule has 0 radical (unpaired) electrons. The molecule has 0 N–H and O–H groups in total. The molecule has 0 spiro atoms. The van der Waals surface area contributed by atoms with Gasteiger partial charge in [0.2, 0.25) is 0 Å². The molecule has 4 rings (SSSR count). The summed E-state index contributed by atoms with van der Waals surface area (Å²) in [6.45, 7) is 4.58. The summed E-state index contributed by atoms with van der Waals surface area (Å²) in [4.78, 5) is 2.54. The van der Waals surface area contributed by atoms with E-state index in [2.05, 4.69) is 30.0 Å². The van der Waals surface area contributed by atoms with Gasteiger partial charge in [-0.3, -0.25) is 0 Å². The van der Waals surface area contributed by atoms with Crippen LogP contribution in [0, 0.1) is 11.3 Å². The Balaban J connectivity index is 1.58. The molecule has 0 bridgehead atoms. The number of likely N-dealkylation sites (tertiary alicyclic amines) is 1. The van der Waals surface area contributed by atoms with Gasteiger partial charge in [0.05, 0.1) is 11.6 Å². The van der Waals surface area contributed by atoms with Crippen LogP contribution in [-0.4, -0.2) is 24.0 Å². The Morgan fingerprint density at radius 3 is 2.88 bits per heavy atom. The standard InChI is InChI=1S/C22H22N2O/c1-16-5-4-11-24(16)12-10-20-14-19-13-17(8-9-22(19)25-20)21-7-3-2-6-18(21)15-23/h2-3,6-9,13-14,16H,4-5,10-12H2,1H3/t16-/m1/s1. The van der Waals surface area contributed by atoms with E-state index in [9.17, 15) is 5.26 Å². The monoisotopic (exact) mass is 330 g/mol. The zero-order valence-corrected chi connectivity index (χ0v) is 14.5. The first-order chi connectivity index (χ1) is 12.2. The van der Waals surface area contributed by atoms with Crippen LogP contribution in [0.2, 0.25) is 0 Å². The fraction of sp³-hybridized carbons (Fsp3) is 0.318. The second-order valence-electron chi connectivity index (χ2n) is 6.90. The van der Waals surface area contributed by atoms with E-state index in [-0.39, 0.29) is 0 Å². The number of nitrogens with zero attached hydrogens (tertiary/aromatic N) is 2. The van der Waals surface area contributed by atoms with E-state index in [1.807, 2.05) is 36.4 Å². The smallest absolute Gasteiger partial charge is 0.134 e. The number of hydrogen-bond acceptors (Lipinski definition) is 3. The van der Waals surface area contributed by atoms with Gasteiger partial charge >= 0.3 is 0 Å². The highest BCUT2D eigenvalue weighted by molar-refractivity contribution is 5.85. The lowest BCUT2D eigenvalue weighted by molar-refractivity contribution is 0.266. The van der Waals surface area contributed by atoms with Gasteiger partial charge in [-0.2, -0.15) is 5.26 Å². The first-order valence-corrected chi connectivity index (χ1v) is 9.00. The van der Waals surface area contributed by atoms with E-state index in [0.717, 1.165) is 40.8 Å². The largest absolute Gasteiger partial charge is 0.461 e. The molecule has 1 aliphatic heterocycles. The van der Waals surface area contributed by atoms with Crippen LogP contribution in [0.5, 0.6) is 0 Å². The van der Waals surface area contributed by atoms with Crippen molar-refractivity contribution >= 4 is 11.0 Å². The predicted molar refractivity (Wildman–Crippen MR) is 100 cm³/mol. The van der Waals surface area contributed by atoms with Crippen LogP contribution in [-0.2, 0) is 6.42 Å². The Labute approximate surface area is 148 Å². The summed E-state index contributed by atoms with van der Waals surface area (Å²) in [5.41, 5.74) is 3.65. The number of rotatable bonds is 4. The SMILES string of the molecule is C[C@@H]1CCCN1CCc1cc2cc(-c3ccccc3C#N)ccc2o1. The van der Waals surface area contributed by atoms with Crippen molar-refractivity contribution in [2.24, 2.45) is 0 Å². The van der Waals surface area contributed by atoms with Crippen molar-refractivity contribution in [3.63, 3.8) is 0 Å². The van der Waals surface area contributed by atoms with Crippen LogP contribution in [0.1, 0.15) is 31.1 Å². The molecule has 3 aromatic rings. The molecule has 3 nitrogen and oxygen atoms in total. The summed E-state index contributed by atoms with van der Waals surface area (Å²) in [5, 5.41) is 10.4. The van der Waals surface area contributed by atoms with Crippen molar-refractivity contribution in [1.29, 1.82) is 5.26 Å². The average molecular weight is 330 g/mol. The maximum Gasteiger partial charge on any atom is 0.134 e. The summed E-state index contributed by atoms with van der Waals surface area (Å²) in [6, 6.07) is 19.0. The van der Waals surface area contributed by atoms with Crippen molar-refractivity contribution in [2.45, 2.75) is 32.2 Å². The minimum Gasteiger partial charge on any atom is -0.461 e. The minimum absolute atomic E-state index is 0.693. The third kappa shape index (κ3) is 3.18. The summed E-state index contributed by atoms with van der Waals surface area (Å²) >= 11 is 0. The van der Waals surface area contributed by atoms with Crippen molar-refractivity contribution in [2.75, 3.05) is 13.1 Å². The van der Waals surface area contributed by atoms with Crippen molar-refractivity contribution < 1.29 is 4.42 Å². The summed E-state index contributed by atoms with van der Waals surface area (Å²) < 4.78 is 6.02. The lowest BCUT2D eigenvalue weighted by Gasteiger charge is -2.19. The van der Waals surface area contributed by atoms with Gasteiger partial charge in [-0.1, -0.05) is 24.3 Å². The summed E-state index contributed by atoms with van der Waals surface area (Å²) in [5.74, 6) is 1.04. The third-order valence-corrected chi connectivity index (χ3v) is 5.26. The number of benzene rings is 2. The lowest BCUT2D eigenvalue weighted by atomic mass is 9.99. The fourth-order valence-electron chi connectivity index (χ4n) is 3.80. The van der Waals surface area contributed by atoms with Crippen LogP contribution in [0.25, 0.3) is 22.1 Å². The Morgan fingerprint density at radius 2 is 2.08 bits per heavy atom. The highest BCUT2D eigenvalue weighted by atomic mass is 16.3. The zero-order valence-electron chi connectivity index (χ0n) is 14.5. The van der Waals surface area contributed by atoms with Crippen LogP contribution in [0.15, 0.2) is 52.9 Å². The number of furan rings is 1. The maximum atomic E-state index is 9.32. The molecule has 1 saturated heterocycles. The zero-order chi connectivity index (χ0) is 17.2. The van der Waals surface area contributed by atoms with Gasteiger partial charge in [0.25, 0.3) is 0 Å². The molecule has 0 amide bonds. The molecule has 1 aliphatic rings. The molecular weight excluding hydrogens is 308 g/mol. The van der Waals surface area contributed by atoms with Crippen molar-refractivity contribution in [3.05, 3.63) is 59.9 Å². The maximum absolute atomic E-state index is 9.32. The van der Waals surface area contributed by atoms with Gasteiger partial charge in [0.15, 0.2) is 0 Å². The van der Waals surface area contributed by atoms with E-state index in [1.165, 1.54) is 19.4 Å². The quantitative estimate of drug-likeness (QED) is 0.676. The Hall–Kier alpha value is -2.57. The van der Waals surface area contributed by atoms with E-state index in [1.54, 1.807) is 0 Å². The van der Waals surface area contributed by atoms with E-state index in [4.69, 9.17) is 4.42 Å². The van der Waals surface area contributed by atoms with Crippen molar-refractivity contribution in [1.82, 2.24) is 4.90 Å². The molecule has 0 unspecified atom stereocenters. The molecule has 3 heteroatoms. The second kappa shape index (κ2) is 6.74. The van der Waals surface area contributed by atoms with Crippen molar-refractivity contribution in [3.8, 4) is 17.2 Å². The topological polar surface area (TPSA) is 40.2 Å². The first kappa shape index (κ1) is 15.9. The van der Waals surface area contributed by atoms with Crippen LogP contribution < -0.4 is 0 Å². The molecule has 0 aliphatic carbocycles. The van der Waals surface area contributed by atoms with Crippen LogP contribution in [0.4, 0.5) is 0 Å². The lowest BCUT2D eigenvalue weighted by Crippen LogP contribution is -2.28. The van der Waals surface area contributed by atoms with Gasteiger partial charge in [0.1, 0.15) is 11.3 Å². The minimum atomic E-state index is 0.693. The molecular formula is C22H22N2O. The first-order valence-electron chi connectivity index (χ1n) is 9.00. The van der Waals surface area contributed by atoms with Crippen LogP contribution >= 0.6 is 0 Å². The summed E-state index contributed by atoms with van der Waals surface area (Å²) in [7, 11) is 0. The average Bonchev–Trinajstić information content (AvgIpc) is 3.24. The highest BCUT2D eigenvalue weighted by Crippen LogP contribution is 2.29. The van der Waals surface area contributed by atoms with E-state index >= 15 is 0 Å². The highest BCUT2D eigenvalue weighted by Gasteiger charge is 2.20. The third-order valence-electron chi connectivity index (χ3n) is 5.26. The molecule has 1 fully saturated rings. The number of fused-ring (bicyclic) bond motifs is 1.